The Balaban J connectivity index is 2.66. The predicted octanol–water partition coefficient (Wildman–Crippen LogP) is 2.23. The number of rotatable bonds is 5. The number of halogens is 1. The first kappa shape index (κ1) is 14.7. The van der Waals surface area contributed by atoms with E-state index in [0.29, 0.717) is 0 Å². The third-order valence-corrected chi connectivity index (χ3v) is 5.73. The molecule has 0 aliphatic rings. The molecule has 1 aromatic heterocycles. The van der Waals surface area contributed by atoms with E-state index in [1.807, 2.05) is 5.38 Å². The van der Waals surface area contributed by atoms with E-state index >= 15 is 0 Å². The van der Waals surface area contributed by atoms with E-state index in [4.69, 9.17) is 0 Å². The Morgan fingerprint density at radius 1 is 1.59 bits per heavy atom. The van der Waals surface area contributed by atoms with Gasteiger partial charge in [0.2, 0.25) is 0 Å². The number of carbonyl (C=O) groups excluding carboxylic acids is 1. The molecule has 17 heavy (non-hydrogen) atoms. The Morgan fingerprint density at radius 3 is 2.71 bits per heavy atom. The minimum absolute atomic E-state index is 0.0371. The van der Waals surface area contributed by atoms with E-state index in [1.54, 1.807) is 13.0 Å². The Morgan fingerprint density at radius 2 is 2.24 bits per heavy atom. The van der Waals surface area contributed by atoms with Crippen LogP contribution in [-0.4, -0.2) is 27.2 Å². The highest BCUT2D eigenvalue weighted by Crippen LogP contribution is 2.22. The van der Waals surface area contributed by atoms with E-state index in [9.17, 15) is 13.2 Å². The lowest BCUT2D eigenvalue weighted by molar-refractivity contribution is -0.144. The van der Waals surface area contributed by atoms with Crippen LogP contribution in [0, 0.1) is 5.92 Å². The Labute approximate surface area is 113 Å². The molecule has 0 radical (unpaired) electrons. The molecule has 4 nitrogen and oxygen atoms in total. The van der Waals surface area contributed by atoms with Gasteiger partial charge in [-0.3, -0.25) is 4.79 Å². The van der Waals surface area contributed by atoms with Crippen molar-refractivity contribution in [1.82, 2.24) is 0 Å². The number of thiophene rings is 1. The van der Waals surface area contributed by atoms with Crippen LogP contribution in [0.5, 0.6) is 0 Å². The first-order valence-corrected chi connectivity index (χ1v) is 8.34. The Bertz CT molecular complexity index is 492. The van der Waals surface area contributed by atoms with Crippen molar-refractivity contribution < 1.29 is 17.9 Å². The molecule has 0 N–H and O–H groups in total. The lowest BCUT2D eigenvalue weighted by atomic mass is 10.2. The van der Waals surface area contributed by atoms with Crippen LogP contribution in [0.25, 0.3) is 0 Å². The molecule has 0 aromatic carbocycles. The fourth-order valence-electron chi connectivity index (χ4n) is 1.36. The van der Waals surface area contributed by atoms with E-state index in [0.717, 1.165) is 9.35 Å². The fraction of sp³-hybridized carbons (Fsp3) is 0.500. The number of hydrogen-bond acceptors (Lipinski definition) is 5. The maximum Gasteiger partial charge on any atom is 0.309 e. The maximum atomic E-state index is 11.8. The number of carbonyl (C=O) groups is 1. The summed E-state index contributed by atoms with van der Waals surface area (Å²) in [6.45, 7) is 1.55. The molecule has 0 fully saturated rings. The maximum absolute atomic E-state index is 11.8. The zero-order valence-corrected chi connectivity index (χ0v) is 12.7. The number of methoxy groups -OCH3 is 1. The SMILES string of the molecule is COC(=O)C(C)CS(=O)(=O)Cc1cc(Br)cs1. The zero-order valence-electron chi connectivity index (χ0n) is 9.47. The van der Waals surface area contributed by atoms with Gasteiger partial charge in [0.05, 0.1) is 24.5 Å². The zero-order chi connectivity index (χ0) is 13.1. The van der Waals surface area contributed by atoms with Crippen molar-refractivity contribution in [2.24, 2.45) is 5.92 Å². The summed E-state index contributed by atoms with van der Waals surface area (Å²) in [6.07, 6.45) is 0. The first-order valence-electron chi connectivity index (χ1n) is 4.85. The molecule has 1 heterocycles. The Hall–Kier alpha value is -0.400. The van der Waals surface area contributed by atoms with Crippen molar-refractivity contribution >= 4 is 43.1 Å². The summed E-state index contributed by atoms with van der Waals surface area (Å²) >= 11 is 4.64. The van der Waals surface area contributed by atoms with Gasteiger partial charge in [0.1, 0.15) is 0 Å². The fourth-order valence-corrected chi connectivity index (χ4v) is 4.93. The van der Waals surface area contributed by atoms with E-state index in [2.05, 4.69) is 20.7 Å². The van der Waals surface area contributed by atoms with Crippen molar-refractivity contribution in [3.8, 4) is 0 Å². The molecular weight excluding hydrogens is 328 g/mol. The molecule has 96 valence electrons. The first-order chi connectivity index (χ1) is 7.84. The van der Waals surface area contributed by atoms with Gasteiger partial charge in [-0.2, -0.15) is 0 Å². The van der Waals surface area contributed by atoms with Gasteiger partial charge >= 0.3 is 5.97 Å². The highest BCUT2D eigenvalue weighted by Gasteiger charge is 2.22. The molecule has 1 atom stereocenters. The smallest absolute Gasteiger partial charge is 0.309 e. The molecule has 0 spiro atoms. The average molecular weight is 341 g/mol. The van der Waals surface area contributed by atoms with Gasteiger partial charge in [0.25, 0.3) is 0 Å². The number of esters is 1. The third kappa shape index (κ3) is 4.77. The molecule has 1 rings (SSSR count). The van der Waals surface area contributed by atoms with Gasteiger partial charge < -0.3 is 4.74 Å². The van der Waals surface area contributed by atoms with Gasteiger partial charge in [0.15, 0.2) is 9.84 Å². The molecule has 0 bridgehead atoms. The minimum atomic E-state index is -3.29. The van der Waals surface area contributed by atoms with Crippen LogP contribution in [0.2, 0.25) is 0 Å². The van der Waals surface area contributed by atoms with E-state index < -0.39 is 21.7 Å². The van der Waals surface area contributed by atoms with Gasteiger partial charge in [-0.15, -0.1) is 11.3 Å². The summed E-state index contributed by atoms with van der Waals surface area (Å²) in [7, 11) is -2.04. The second-order valence-corrected chi connectivity index (χ2v) is 7.73. The van der Waals surface area contributed by atoms with Crippen LogP contribution >= 0.6 is 27.3 Å². The van der Waals surface area contributed by atoms with Crippen LogP contribution < -0.4 is 0 Å². The van der Waals surface area contributed by atoms with E-state index in [-0.39, 0.29) is 11.5 Å². The van der Waals surface area contributed by atoms with Crippen molar-refractivity contribution in [3.05, 3.63) is 20.8 Å². The molecule has 1 unspecified atom stereocenters. The normalized spacial score (nSPS) is 13.4. The summed E-state index contributed by atoms with van der Waals surface area (Å²) in [5, 5.41) is 1.83. The van der Waals surface area contributed by atoms with Crippen LogP contribution in [0.1, 0.15) is 11.8 Å². The molecule has 0 aliphatic carbocycles. The highest BCUT2D eigenvalue weighted by atomic mass is 79.9. The van der Waals surface area contributed by atoms with E-state index in [1.165, 1.54) is 18.4 Å². The second kappa shape index (κ2) is 5.97. The topological polar surface area (TPSA) is 60.4 Å². The largest absolute Gasteiger partial charge is 0.469 e. The quantitative estimate of drug-likeness (QED) is 0.771. The molecule has 0 saturated carbocycles. The summed E-state index contributed by atoms with van der Waals surface area (Å²) in [4.78, 5) is 11.9. The molecule has 0 saturated heterocycles. The highest BCUT2D eigenvalue weighted by molar-refractivity contribution is 9.10. The van der Waals surface area contributed by atoms with Crippen molar-refractivity contribution in [2.45, 2.75) is 12.7 Å². The molecule has 7 heteroatoms. The van der Waals surface area contributed by atoms with Crippen molar-refractivity contribution in [3.63, 3.8) is 0 Å². The number of ether oxygens (including phenoxy) is 1. The number of hydrogen-bond donors (Lipinski definition) is 0. The van der Waals surface area contributed by atoms with Gasteiger partial charge in [-0.1, -0.05) is 6.92 Å². The van der Waals surface area contributed by atoms with Crippen molar-refractivity contribution in [1.29, 1.82) is 0 Å². The summed E-state index contributed by atoms with van der Waals surface area (Å²) in [6, 6.07) is 1.77. The van der Waals surface area contributed by atoms with Crippen LogP contribution in [-0.2, 0) is 25.1 Å². The van der Waals surface area contributed by atoms with Crippen LogP contribution in [0.15, 0.2) is 15.9 Å². The number of sulfone groups is 1. The van der Waals surface area contributed by atoms with Gasteiger partial charge in [0, 0.05) is 14.7 Å². The summed E-state index contributed by atoms with van der Waals surface area (Å²) < 4.78 is 29.0. The van der Waals surface area contributed by atoms with Gasteiger partial charge in [-0.25, -0.2) is 8.42 Å². The molecule has 1 aromatic rings. The summed E-state index contributed by atoms with van der Waals surface area (Å²) in [5.41, 5.74) is 0. The Kier molecular flexibility index (Phi) is 5.15. The van der Waals surface area contributed by atoms with Crippen molar-refractivity contribution in [2.75, 3.05) is 12.9 Å². The molecular formula is C10H13BrO4S2. The monoisotopic (exact) mass is 340 g/mol. The minimum Gasteiger partial charge on any atom is -0.469 e. The van der Waals surface area contributed by atoms with Crippen LogP contribution in [0.4, 0.5) is 0 Å². The predicted molar refractivity (Wildman–Crippen MR) is 70.7 cm³/mol. The average Bonchev–Trinajstić information content (AvgIpc) is 2.60. The molecule has 0 aliphatic heterocycles. The standard InChI is InChI=1S/C10H13BrO4S2/c1-7(10(12)15-2)5-17(13,14)6-9-3-8(11)4-16-9/h3-4,7H,5-6H2,1-2H3. The molecule has 0 amide bonds. The lowest BCUT2D eigenvalue weighted by Crippen LogP contribution is -2.23. The third-order valence-electron chi connectivity index (χ3n) is 2.09. The van der Waals surface area contributed by atoms with Crippen LogP contribution in [0.3, 0.4) is 0 Å². The second-order valence-electron chi connectivity index (χ2n) is 3.71. The summed E-state index contributed by atoms with van der Waals surface area (Å²) in [5.74, 6) is -1.35. The van der Waals surface area contributed by atoms with Gasteiger partial charge in [-0.05, 0) is 22.0 Å². The lowest BCUT2D eigenvalue weighted by Gasteiger charge is -2.09.